The van der Waals surface area contributed by atoms with Crippen molar-refractivity contribution in [1.82, 2.24) is 14.5 Å². The van der Waals surface area contributed by atoms with Crippen molar-refractivity contribution in [2.45, 2.75) is 29.9 Å². The Bertz CT molecular complexity index is 1460. The van der Waals surface area contributed by atoms with Crippen molar-refractivity contribution < 1.29 is 18.3 Å². The Balaban J connectivity index is 1.23. The van der Waals surface area contributed by atoms with E-state index >= 15 is 0 Å². The van der Waals surface area contributed by atoms with Crippen LogP contribution in [0.4, 0.5) is 5.13 Å². The zero-order valence-corrected chi connectivity index (χ0v) is 21.0. The number of nitrogens with zero attached hydrogens (tertiary/aromatic N) is 3. The molecule has 2 aromatic heterocycles. The number of anilines is 1. The number of rotatable bonds is 6. The number of benzene rings is 2. The minimum absolute atomic E-state index is 0.0285. The first-order valence-electron chi connectivity index (χ1n) is 11.0. The number of likely N-dealkylation sites (tertiary alicyclic amines) is 1. The van der Waals surface area contributed by atoms with Gasteiger partial charge in [-0.25, -0.2) is 13.4 Å². The van der Waals surface area contributed by atoms with Crippen LogP contribution in [-0.2, 0) is 27.0 Å². The van der Waals surface area contributed by atoms with Crippen LogP contribution in [0.25, 0.3) is 10.9 Å². The number of fused-ring (bicyclic) bond motifs is 1. The molecule has 1 aliphatic rings. The van der Waals surface area contributed by atoms with Gasteiger partial charge < -0.3 is 14.6 Å². The number of amides is 1. The number of piperidine rings is 1. The molecule has 1 fully saturated rings. The normalized spacial score (nSPS) is 15.9. The van der Waals surface area contributed by atoms with E-state index in [1.54, 1.807) is 22.4 Å². The van der Waals surface area contributed by atoms with Gasteiger partial charge in [-0.2, -0.15) is 0 Å². The van der Waals surface area contributed by atoms with Gasteiger partial charge in [0.05, 0.1) is 10.5 Å². The number of nitrogens with one attached hydrogen (secondary N) is 1. The molecule has 0 radical (unpaired) electrons. The lowest BCUT2D eigenvalue weighted by molar-refractivity contribution is -0.136. The van der Waals surface area contributed by atoms with E-state index in [0.29, 0.717) is 41.6 Å². The second-order valence-corrected chi connectivity index (χ2v) is 11.5. The number of sulfonamides is 1. The van der Waals surface area contributed by atoms with E-state index in [9.17, 15) is 18.3 Å². The highest BCUT2D eigenvalue weighted by atomic mass is 35.5. The molecule has 4 aromatic rings. The van der Waals surface area contributed by atoms with Crippen molar-refractivity contribution >= 4 is 54.9 Å². The minimum atomic E-state index is -3.76. The maximum atomic E-state index is 12.9. The summed E-state index contributed by atoms with van der Waals surface area (Å²) in [7, 11) is -3.76. The maximum absolute atomic E-state index is 12.9. The van der Waals surface area contributed by atoms with Crippen LogP contribution in [0, 0.1) is 0 Å². The fourth-order valence-electron chi connectivity index (χ4n) is 4.35. The largest absolute Gasteiger partial charge is 0.385 e. The highest BCUT2D eigenvalue weighted by molar-refractivity contribution is 7.93. The van der Waals surface area contributed by atoms with Crippen LogP contribution in [0.5, 0.6) is 0 Å². The van der Waals surface area contributed by atoms with Crippen LogP contribution in [0.15, 0.2) is 71.2 Å². The molecular weight excluding hydrogens is 508 g/mol. The van der Waals surface area contributed by atoms with Crippen LogP contribution < -0.4 is 4.72 Å². The second-order valence-electron chi connectivity index (χ2n) is 8.53. The lowest BCUT2D eigenvalue weighted by Gasteiger charge is -2.38. The number of aromatic nitrogens is 2. The monoisotopic (exact) mass is 530 g/mol. The van der Waals surface area contributed by atoms with Crippen LogP contribution in [-0.4, -0.2) is 47.0 Å². The van der Waals surface area contributed by atoms with Crippen molar-refractivity contribution in [2.75, 3.05) is 17.8 Å². The van der Waals surface area contributed by atoms with E-state index in [0.717, 1.165) is 10.9 Å². The molecule has 2 aromatic carbocycles. The van der Waals surface area contributed by atoms with E-state index < -0.39 is 15.6 Å². The molecule has 2 N–H and O–H groups in total. The summed E-state index contributed by atoms with van der Waals surface area (Å²) in [6, 6.07) is 13.7. The molecule has 0 bridgehead atoms. The Kier molecular flexibility index (Phi) is 6.30. The predicted octanol–water partition coefficient (Wildman–Crippen LogP) is 4.06. The molecule has 1 aliphatic heterocycles. The number of halogens is 1. The number of aliphatic hydroxyl groups is 1. The summed E-state index contributed by atoms with van der Waals surface area (Å²) < 4.78 is 29.4. The lowest BCUT2D eigenvalue weighted by Crippen LogP contribution is -2.46. The summed E-state index contributed by atoms with van der Waals surface area (Å²) in [5.74, 6) is -0.0285. The van der Waals surface area contributed by atoms with Crippen LogP contribution in [0.3, 0.4) is 0 Å². The Morgan fingerprint density at radius 1 is 1.14 bits per heavy atom. The zero-order chi connectivity index (χ0) is 24.6. The maximum Gasteiger partial charge on any atom is 0.263 e. The van der Waals surface area contributed by atoms with Crippen molar-refractivity contribution in [3.63, 3.8) is 0 Å². The molecule has 0 spiro atoms. The topological polar surface area (TPSA) is 105 Å². The molecule has 5 rings (SSSR count). The second kappa shape index (κ2) is 9.27. The molecule has 0 saturated carbocycles. The molecule has 0 atom stereocenters. The highest BCUT2D eigenvalue weighted by Crippen LogP contribution is 2.34. The molecular formula is C24H23ClN4O4S2. The van der Waals surface area contributed by atoms with Crippen LogP contribution >= 0.6 is 22.9 Å². The van der Waals surface area contributed by atoms with Crippen LogP contribution in [0.2, 0.25) is 5.02 Å². The number of thiazole rings is 1. The number of carbonyl (C=O) groups is 1. The quantitative estimate of drug-likeness (QED) is 0.391. The first-order chi connectivity index (χ1) is 16.7. The van der Waals surface area contributed by atoms with Gasteiger partial charge in [-0.05, 0) is 54.1 Å². The lowest BCUT2D eigenvalue weighted by atomic mass is 9.84. The van der Waals surface area contributed by atoms with Crippen molar-refractivity contribution in [3.05, 3.63) is 76.9 Å². The summed E-state index contributed by atoms with van der Waals surface area (Å²) in [4.78, 5) is 18.7. The Labute approximate surface area is 211 Å². The van der Waals surface area contributed by atoms with Gasteiger partial charge in [-0.3, -0.25) is 9.52 Å². The minimum Gasteiger partial charge on any atom is -0.385 e. The number of hydrogen-bond donors (Lipinski definition) is 2. The van der Waals surface area contributed by atoms with E-state index in [-0.39, 0.29) is 17.3 Å². The van der Waals surface area contributed by atoms with Gasteiger partial charge in [0.25, 0.3) is 10.0 Å². The molecule has 0 unspecified atom stereocenters. The molecule has 1 saturated heterocycles. The molecule has 1 amide bonds. The molecule has 3 heterocycles. The first kappa shape index (κ1) is 23.8. The fourth-order valence-corrected chi connectivity index (χ4v) is 6.30. The summed E-state index contributed by atoms with van der Waals surface area (Å²) in [5, 5.41) is 14.9. The number of hydrogen-bond acceptors (Lipinski definition) is 6. The SMILES string of the molecule is O=C(Cn1ccc2ccc(Cl)cc21)N1CCC(O)(c2ccc(S(=O)(=O)Nc3nccs3)cc2)CC1. The van der Waals surface area contributed by atoms with E-state index in [1.807, 2.05) is 35.0 Å². The van der Waals surface area contributed by atoms with Crippen molar-refractivity contribution in [2.24, 2.45) is 0 Å². The van der Waals surface area contributed by atoms with Gasteiger partial charge in [-0.1, -0.05) is 29.8 Å². The average Bonchev–Trinajstić information content (AvgIpc) is 3.49. The van der Waals surface area contributed by atoms with Gasteiger partial charge in [-0.15, -0.1) is 11.3 Å². The standard InChI is InChI=1S/C24H23ClN4O4S2/c25-19-4-1-17-7-11-29(21(17)15-19)16-22(30)28-12-8-24(31,9-13-28)18-2-5-20(6-3-18)35(32,33)27-23-26-10-14-34-23/h1-7,10-11,14-15,31H,8-9,12-13,16H2,(H,26,27). The van der Waals surface area contributed by atoms with Gasteiger partial charge in [0.15, 0.2) is 5.13 Å². The van der Waals surface area contributed by atoms with Crippen LogP contribution in [0.1, 0.15) is 18.4 Å². The third-order valence-corrected chi connectivity index (χ3v) is 8.75. The molecule has 0 aliphatic carbocycles. The van der Waals surface area contributed by atoms with Gasteiger partial charge in [0.1, 0.15) is 6.54 Å². The predicted molar refractivity (Wildman–Crippen MR) is 136 cm³/mol. The third-order valence-electron chi connectivity index (χ3n) is 6.34. The smallest absolute Gasteiger partial charge is 0.263 e. The fraction of sp³-hybridized carbons (Fsp3) is 0.250. The molecule has 35 heavy (non-hydrogen) atoms. The molecule has 182 valence electrons. The molecule has 8 nitrogen and oxygen atoms in total. The van der Waals surface area contributed by atoms with Crippen molar-refractivity contribution in [3.8, 4) is 0 Å². The third kappa shape index (κ3) is 4.92. The summed E-state index contributed by atoms with van der Waals surface area (Å²) in [6.45, 7) is 1.00. The summed E-state index contributed by atoms with van der Waals surface area (Å²) in [5.41, 5.74) is 0.401. The van der Waals surface area contributed by atoms with Gasteiger partial charge in [0.2, 0.25) is 5.91 Å². The molecule has 11 heteroatoms. The average molecular weight is 531 g/mol. The number of carbonyl (C=O) groups excluding carboxylic acids is 1. The first-order valence-corrected chi connectivity index (χ1v) is 13.8. The van der Waals surface area contributed by atoms with Crippen molar-refractivity contribution in [1.29, 1.82) is 0 Å². The van der Waals surface area contributed by atoms with E-state index in [2.05, 4.69) is 9.71 Å². The Morgan fingerprint density at radius 2 is 1.89 bits per heavy atom. The highest BCUT2D eigenvalue weighted by Gasteiger charge is 2.35. The van der Waals surface area contributed by atoms with E-state index in [1.165, 1.54) is 29.7 Å². The van der Waals surface area contributed by atoms with Gasteiger partial charge in [0, 0.05) is 41.4 Å². The Morgan fingerprint density at radius 3 is 2.57 bits per heavy atom. The summed E-state index contributed by atoms with van der Waals surface area (Å²) >= 11 is 7.31. The zero-order valence-electron chi connectivity index (χ0n) is 18.6. The summed E-state index contributed by atoms with van der Waals surface area (Å²) in [6.07, 6.45) is 4.12. The Hall–Kier alpha value is -2.92. The van der Waals surface area contributed by atoms with Gasteiger partial charge >= 0.3 is 0 Å². The van der Waals surface area contributed by atoms with E-state index in [4.69, 9.17) is 11.6 Å².